The largest absolute Gasteiger partial charge is 0.192 e. The molecule has 0 bridgehead atoms. The number of hydrogen-bond donors (Lipinski definition) is 0. The summed E-state index contributed by atoms with van der Waals surface area (Å²) >= 11 is 8.88. The number of halogens is 2. The standard InChI is InChI=1S/C7H3BrClN/c8-7-5(4-10)2-1-3-6(7)9/h1-3H. The molecule has 0 aromatic heterocycles. The van der Waals surface area contributed by atoms with Crippen molar-refractivity contribution in [2.45, 2.75) is 0 Å². The van der Waals surface area contributed by atoms with Crippen molar-refractivity contribution in [1.29, 1.82) is 5.26 Å². The zero-order valence-electron chi connectivity index (χ0n) is 4.94. The van der Waals surface area contributed by atoms with Crippen molar-refractivity contribution in [1.82, 2.24) is 0 Å². The summed E-state index contributed by atoms with van der Waals surface area (Å²) in [4.78, 5) is 0. The average Bonchev–Trinajstić information content (AvgIpc) is 1.95. The van der Waals surface area contributed by atoms with Crippen LogP contribution in [-0.4, -0.2) is 0 Å². The molecule has 0 amide bonds. The van der Waals surface area contributed by atoms with Crippen LogP contribution in [0.15, 0.2) is 22.7 Å². The summed E-state index contributed by atoms with van der Waals surface area (Å²) in [6.45, 7) is 0. The fourth-order valence-corrected chi connectivity index (χ4v) is 1.12. The molecule has 0 aliphatic rings. The van der Waals surface area contributed by atoms with Crippen molar-refractivity contribution >= 4 is 27.5 Å². The van der Waals surface area contributed by atoms with E-state index >= 15 is 0 Å². The molecule has 1 nitrogen and oxygen atoms in total. The van der Waals surface area contributed by atoms with Crippen LogP contribution in [0.2, 0.25) is 5.02 Å². The van der Waals surface area contributed by atoms with E-state index < -0.39 is 0 Å². The molecule has 0 fully saturated rings. The summed E-state index contributed by atoms with van der Waals surface area (Å²) in [5.41, 5.74) is 0.562. The Morgan fingerprint density at radius 1 is 1.50 bits per heavy atom. The highest BCUT2D eigenvalue weighted by molar-refractivity contribution is 9.10. The zero-order chi connectivity index (χ0) is 7.56. The lowest BCUT2D eigenvalue weighted by atomic mass is 10.2. The first-order valence-electron chi connectivity index (χ1n) is 2.60. The topological polar surface area (TPSA) is 23.8 Å². The molecular weight excluding hydrogens is 213 g/mol. The highest BCUT2D eigenvalue weighted by Crippen LogP contribution is 2.24. The maximum absolute atomic E-state index is 8.50. The molecule has 0 N–H and O–H groups in total. The minimum absolute atomic E-state index is 0.562. The van der Waals surface area contributed by atoms with E-state index in [1.54, 1.807) is 18.2 Å². The first-order chi connectivity index (χ1) is 4.75. The quantitative estimate of drug-likeness (QED) is 0.654. The van der Waals surface area contributed by atoms with Gasteiger partial charge in [0, 0.05) is 0 Å². The van der Waals surface area contributed by atoms with Crippen LogP contribution >= 0.6 is 27.5 Å². The Morgan fingerprint density at radius 3 is 2.70 bits per heavy atom. The molecule has 1 rings (SSSR count). The van der Waals surface area contributed by atoms with Crippen LogP contribution in [0.5, 0.6) is 0 Å². The molecule has 10 heavy (non-hydrogen) atoms. The summed E-state index contributed by atoms with van der Waals surface area (Å²) in [6.07, 6.45) is 0. The molecule has 0 saturated heterocycles. The predicted octanol–water partition coefficient (Wildman–Crippen LogP) is 2.97. The lowest BCUT2D eigenvalue weighted by Crippen LogP contribution is -1.75. The molecule has 3 heteroatoms. The van der Waals surface area contributed by atoms with Crippen LogP contribution < -0.4 is 0 Å². The van der Waals surface area contributed by atoms with E-state index in [1.807, 2.05) is 6.07 Å². The second-order valence-electron chi connectivity index (χ2n) is 1.71. The SMILES string of the molecule is N#Cc1cccc(Cl)c1Br. The van der Waals surface area contributed by atoms with Crippen molar-refractivity contribution in [2.24, 2.45) is 0 Å². The molecule has 50 valence electrons. The van der Waals surface area contributed by atoms with Crippen LogP contribution in [0.1, 0.15) is 5.56 Å². The minimum Gasteiger partial charge on any atom is -0.192 e. The predicted molar refractivity (Wildman–Crippen MR) is 43.9 cm³/mol. The Bertz CT molecular complexity index is 290. The second kappa shape index (κ2) is 3.05. The molecule has 0 unspecified atom stereocenters. The maximum Gasteiger partial charge on any atom is 0.100 e. The number of nitrogens with zero attached hydrogens (tertiary/aromatic N) is 1. The van der Waals surface area contributed by atoms with Gasteiger partial charge in [0.05, 0.1) is 15.1 Å². The molecule has 1 aromatic carbocycles. The Hall–Kier alpha value is -0.520. The molecular formula is C7H3BrClN. The van der Waals surface area contributed by atoms with E-state index in [-0.39, 0.29) is 0 Å². The Morgan fingerprint density at radius 2 is 2.20 bits per heavy atom. The summed E-state index contributed by atoms with van der Waals surface area (Å²) in [5.74, 6) is 0. The van der Waals surface area contributed by atoms with E-state index in [0.717, 1.165) is 0 Å². The third-order valence-corrected chi connectivity index (χ3v) is 2.47. The number of rotatable bonds is 0. The van der Waals surface area contributed by atoms with Crippen LogP contribution in [0.4, 0.5) is 0 Å². The zero-order valence-corrected chi connectivity index (χ0v) is 7.28. The summed E-state index contributed by atoms with van der Waals surface area (Å²) in [6, 6.07) is 7.18. The lowest BCUT2D eigenvalue weighted by molar-refractivity contribution is 1.47. The van der Waals surface area contributed by atoms with Crippen molar-refractivity contribution in [3.05, 3.63) is 33.3 Å². The van der Waals surface area contributed by atoms with Crippen molar-refractivity contribution in [3.8, 4) is 6.07 Å². The van der Waals surface area contributed by atoms with Crippen LogP contribution in [0.25, 0.3) is 0 Å². The highest BCUT2D eigenvalue weighted by Gasteiger charge is 2.00. The molecule has 0 heterocycles. The smallest absolute Gasteiger partial charge is 0.100 e. The summed E-state index contributed by atoms with van der Waals surface area (Å²) in [5, 5.41) is 9.07. The highest BCUT2D eigenvalue weighted by atomic mass is 79.9. The third kappa shape index (κ3) is 1.31. The molecule has 0 saturated carbocycles. The van der Waals surface area contributed by atoms with Gasteiger partial charge in [-0.1, -0.05) is 17.7 Å². The Labute approximate surface area is 72.4 Å². The minimum atomic E-state index is 0.562. The van der Waals surface area contributed by atoms with Gasteiger partial charge >= 0.3 is 0 Å². The van der Waals surface area contributed by atoms with Gasteiger partial charge in [0.1, 0.15) is 6.07 Å². The van der Waals surface area contributed by atoms with Crippen molar-refractivity contribution < 1.29 is 0 Å². The van der Waals surface area contributed by atoms with Gasteiger partial charge in [-0.3, -0.25) is 0 Å². The van der Waals surface area contributed by atoms with Gasteiger partial charge in [-0.05, 0) is 28.1 Å². The molecule has 0 aliphatic heterocycles. The van der Waals surface area contributed by atoms with Crippen LogP contribution in [0, 0.1) is 11.3 Å². The first-order valence-corrected chi connectivity index (χ1v) is 3.77. The fourth-order valence-electron chi connectivity index (χ4n) is 0.590. The molecule has 0 atom stereocenters. The second-order valence-corrected chi connectivity index (χ2v) is 2.91. The van der Waals surface area contributed by atoms with Crippen molar-refractivity contribution in [3.63, 3.8) is 0 Å². The van der Waals surface area contributed by atoms with Crippen molar-refractivity contribution in [2.75, 3.05) is 0 Å². The monoisotopic (exact) mass is 215 g/mol. The van der Waals surface area contributed by atoms with E-state index in [1.165, 1.54) is 0 Å². The van der Waals surface area contributed by atoms with E-state index in [4.69, 9.17) is 16.9 Å². The maximum atomic E-state index is 8.50. The average molecular weight is 216 g/mol. The first kappa shape index (κ1) is 7.59. The van der Waals surface area contributed by atoms with Gasteiger partial charge in [0.2, 0.25) is 0 Å². The summed E-state index contributed by atoms with van der Waals surface area (Å²) < 4.78 is 0.666. The van der Waals surface area contributed by atoms with Gasteiger partial charge in [0.25, 0.3) is 0 Å². The van der Waals surface area contributed by atoms with Crippen LogP contribution in [0.3, 0.4) is 0 Å². The molecule has 0 spiro atoms. The number of benzene rings is 1. The molecule has 0 aliphatic carbocycles. The van der Waals surface area contributed by atoms with Gasteiger partial charge in [-0.15, -0.1) is 0 Å². The van der Waals surface area contributed by atoms with Crippen LogP contribution in [-0.2, 0) is 0 Å². The summed E-state index contributed by atoms with van der Waals surface area (Å²) in [7, 11) is 0. The molecule has 0 radical (unpaired) electrons. The lowest BCUT2D eigenvalue weighted by Gasteiger charge is -1.94. The Kier molecular flexibility index (Phi) is 2.31. The normalized spacial score (nSPS) is 8.90. The van der Waals surface area contributed by atoms with Gasteiger partial charge < -0.3 is 0 Å². The molecule has 1 aromatic rings. The van der Waals surface area contributed by atoms with E-state index in [2.05, 4.69) is 15.9 Å². The van der Waals surface area contributed by atoms with E-state index in [0.29, 0.717) is 15.1 Å². The Balaban J connectivity index is 3.31. The van der Waals surface area contributed by atoms with Gasteiger partial charge in [-0.25, -0.2) is 0 Å². The fraction of sp³-hybridized carbons (Fsp3) is 0. The van der Waals surface area contributed by atoms with Gasteiger partial charge in [-0.2, -0.15) is 5.26 Å². The third-order valence-electron chi connectivity index (χ3n) is 1.07. The number of hydrogen-bond acceptors (Lipinski definition) is 1. The number of nitriles is 1. The van der Waals surface area contributed by atoms with E-state index in [9.17, 15) is 0 Å². The van der Waals surface area contributed by atoms with Gasteiger partial charge in [0.15, 0.2) is 0 Å².